The minimum atomic E-state index is -1.63. The number of rotatable bonds is 1. The molecule has 3 aliphatic heterocycles. The number of para-hydroxylation sites is 3. The van der Waals surface area contributed by atoms with Crippen LogP contribution in [0, 0.1) is 0 Å². The molecule has 0 amide bonds. The van der Waals surface area contributed by atoms with Gasteiger partial charge in [0.25, 0.3) is 6.71 Å². The van der Waals surface area contributed by atoms with Gasteiger partial charge < -0.3 is 18.8 Å². The van der Waals surface area contributed by atoms with E-state index in [1.165, 1.54) is 14.4 Å². The Bertz CT molecular complexity index is 4740. The van der Waals surface area contributed by atoms with Gasteiger partial charge in [-0.2, -0.15) is 0 Å². The van der Waals surface area contributed by atoms with E-state index in [4.69, 9.17) is 12.6 Å². The molecule has 0 aliphatic carbocycles. The molecule has 4 nitrogen and oxygen atoms in total. The Morgan fingerprint density at radius 2 is 1.26 bits per heavy atom. The number of benzene rings is 7. The number of hydrogen-bond acceptors (Lipinski definition) is 4. The number of aromatic nitrogens is 1. The first-order chi connectivity index (χ1) is 37.2. The Balaban J connectivity index is 1.34. The van der Waals surface area contributed by atoms with Gasteiger partial charge in [0.1, 0.15) is 5.58 Å². The molecule has 0 unspecified atom stereocenters. The van der Waals surface area contributed by atoms with Gasteiger partial charge in [-0.25, -0.2) is 0 Å². The Kier molecular flexibility index (Phi) is 3.39. The monoisotopic (exact) mass is 787 g/mol. The van der Waals surface area contributed by atoms with Crippen LogP contribution < -0.4 is 26.4 Å². The molecule has 0 N–H and O–H groups in total. The second kappa shape index (κ2) is 10.8. The molecular weight excluding hydrogens is 725 g/mol. The van der Waals surface area contributed by atoms with Crippen molar-refractivity contribution >= 4 is 122 Å². The highest BCUT2D eigenvalue weighted by atomic mass is 32.1. The summed E-state index contributed by atoms with van der Waals surface area (Å²) in [5.41, 5.74) is -5.42. The van der Waals surface area contributed by atoms with Crippen molar-refractivity contribution in [1.82, 2.24) is 4.57 Å². The third kappa shape index (κ3) is 4.11. The van der Waals surface area contributed by atoms with Crippen LogP contribution in [0.4, 0.5) is 34.1 Å². The zero-order chi connectivity index (χ0) is 58.1. The van der Waals surface area contributed by atoms with E-state index in [0.717, 1.165) is 11.3 Å². The summed E-state index contributed by atoms with van der Waals surface area (Å²) in [5, 5.41) is -0.937. The summed E-state index contributed by atoms with van der Waals surface area (Å²) in [7, 11) is 0. The summed E-state index contributed by atoms with van der Waals surface area (Å²) in [5.74, 6) is 0. The molecule has 13 rings (SSSR count). The van der Waals surface area contributed by atoms with Crippen molar-refractivity contribution in [3.63, 3.8) is 0 Å². The van der Waals surface area contributed by atoms with Crippen molar-refractivity contribution in [2.24, 2.45) is 0 Å². The van der Waals surface area contributed by atoms with Gasteiger partial charge in [-0.1, -0.05) is 108 Å². The summed E-state index contributed by atoms with van der Waals surface area (Å²) in [6.07, 6.45) is 0. The van der Waals surface area contributed by atoms with E-state index in [1.807, 2.05) is 0 Å². The summed E-state index contributed by atoms with van der Waals surface area (Å²) < 4.78 is 217. The number of anilines is 6. The van der Waals surface area contributed by atoms with E-state index in [0.29, 0.717) is 0 Å². The summed E-state index contributed by atoms with van der Waals surface area (Å²) in [6, 6.07) is -12.7. The molecule has 0 atom stereocenters. The van der Waals surface area contributed by atoms with E-state index >= 15 is 0 Å². The van der Waals surface area contributed by atoms with Crippen molar-refractivity contribution in [1.29, 1.82) is 0 Å². The predicted molar refractivity (Wildman–Crippen MR) is 248 cm³/mol. The van der Waals surface area contributed by atoms with Crippen LogP contribution in [0.2, 0.25) is 0 Å². The molecule has 0 fully saturated rings. The van der Waals surface area contributed by atoms with Crippen LogP contribution in [-0.2, 0) is 10.8 Å². The fourth-order valence-corrected chi connectivity index (χ4v) is 9.57. The Morgan fingerprint density at radius 1 is 0.552 bits per heavy atom. The normalized spacial score (nSPS) is 19.6. The maximum absolute atomic E-state index is 10.5. The second-order valence-corrected chi connectivity index (χ2v) is 17.9. The molecule has 3 aromatic heterocycles. The van der Waals surface area contributed by atoms with Crippen molar-refractivity contribution in [2.75, 3.05) is 9.80 Å². The molecule has 6 heteroatoms. The molecular formula is C52H40BN3OS. The minimum absolute atomic E-state index is 0.00858. The molecule has 0 saturated heterocycles. The van der Waals surface area contributed by atoms with Crippen LogP contribution >= 0.6 is 11.3 Å². The lowest BCUT2D eigenvalue weighted by Crippen LogP contribution is -2.61. The van der Waals surface area contributed by atoms with Crippen LogP contribution in [0.15, 0.2) is 137 Å². The van der Waals surface area contributed by atoms with E-state index < -0.39 is 144 Å². The van der Waals surface area contributed by atoms with Gasteiger partial charge in [-0.3, -0.25) is 0 Å². The van der Waals surface area contributed by atoms with Crippen LogP contribution in [0.1, 0.15) is 82.8 Å². The first-order valence-corrected chi connectivity index (χ1v) is 19.5. The van der Waals surface area contributed by atoms with Crippen LogP contribution in [0.5, 0.6) is 0 Å². The highest BCUT2D eigenvalue weighted by Crippen LogP contribution is 2.54. The van der Waals surface area contributed by atoms with Gasteiger partial charge in [0.15, 0.2) is 0 Å². The van der Waals surface area contributed by atoms with Gasteiger partial charge in [0.05, 0.1) is 69.6 Å². The Hall–Kier alpha value is -6.24. The first kappa shape index (κ1) is 18.1. The van der Waals surface area contributed by atoms with Crippen LogP contribution in [-0.4, -0.2) is 11.3 Å². The van der Waals surface area contributed by atoms with Crippen molar-refractivity contribution in [3.05, 3.63) is 144 Å². The third-order valence-electron chi connectivity index (χ3n) is 11.3. The number of fused-ring (bicyclic) bond motifs is 14. The third-order valence-corrected chi connectivity index (χ3v) is 12.3. The lowest BCUT2D eigenvalue weighted by Gasteiger charge is -2.45. The van der Waals surface area contributed by atoms with Crippen molar-refractivity contribution in [3.8, 4) is 5.69 Å². The fourth-order valence-electron chi connectivity index (χ4n) is 8.65. The second-order valence-electron chi connectivity index (χ2n) is 16.8. The van der Waals surface area contributed by atoms with E-state index in [1.54, 1.807) is 41.5 Å². The largest absolute Gasteiger partial charge is 0.468 e. The highest BCUT2D eigenvalue weighted by Gasteiger charge is 2.49. The molecule has 0 radical (unpaired) electrons. The molecule has 10 aromatic rings. The van der Waals surface area contributed by atoms with Gasteiger partial charge in [-0.05, 0) is 99.3 Å². The summed E-state index contributed by atoms with van der Waals surface area (Å²) in [6.45, 7) is 8.71. The topological polar surface area (TPSA) is 24.6 Å². The number of thiophene rings is 1. The molecule has 58 heavy (non-hydrogen) atoms. The first-order valence-electron chi connectivity index (χ1n) is 29.7. The van der Waals surface area contributed by atoms with Crippen molar-refractivity contribution in [2.45, 2.75) is 52.4 Å². The standard InChI is InChI=1S/C52H40BN3OS/c1-51(2,3)29-21-23-43-36(25-29)48-50(57-43)53-37-16-12-19-40-49(37)56(39-18-11-15-34-32-13-7-9-17-38(32)55(40)47(34)39)42-27-30(52(4,5)6)26-41(46(42)53)54(48)31-22-24-45-35(28-31)33-14-8-10-20-44(33)58-45/h7-28H,1-6H3/i7D,8D,9D,10D,11D,12D,13D,14D,15D,16D,17D,18D,19D,20D,21D,22D,23D,24D,25D,26D,27D,28D. The average Bonchev–Trinajstić information content (AvgIpc) is 3.66. The predicted octanol–water partition coefficient (Wildman–Crippen LogP) is 12.9. The SMILES string of the molecule is [2H]c1c([2H])c2c3c(c1[2H])-n1c4c([2H])c([2H])c([2H])c([2H])c4c4c([2H])c([2H])c([2H])c(c41)N3c1c([2H])c(C(C)(C)C)c([2H])c3c1B2c1oc2c([2H])c([2H])c(C(C)(C)C)c([2H])c2c1N3c1c([2H])c([2H])c2sc3c([2H])c([2H])c([2H])c([2H])c3c2c1[2H]. The van der Waals surface area contributed by atoms with Gasteiger partial charge in [-0.15, -0.1) is 11.3 Å². The number of hydrogen-bond donors (Lipinski definition) is 0. The van der Waals surface area contributed by atoms with Crippen LogP contribution in [0.25, 0.3) is 58.6 Å². The minimum Gasteiger partial charge on any atom is -0.468 e. The van der Waals surface area contributed by atoms with Crippen molar-refractivity contribution < 1.29 is 34.6 Å². The van der Waals surface area contributed by atoms with Crippen LogP contribution in [0.3, 0.4) is 0 Å². The molecule has 278 valence electrons. The number of furan rings is 1. The Morgan fingerprint density at radius 3 is 2.09 bits per heavy atom. The zero-order valence-corrected chi connectivity index (χ0v) is 32.6. The summed E-state index contributed by atoms with van der Waals surface area (Å²) >= 11 is 0.790. The molecule has 0 bridgehead atoms. The lowest BCUT2D eigenvalue weighted by atomic mass is 9.35. The fraction of sp³-hybridized carbons (Fsp3) is 0.154. The lowest BCUT2D eigenvalue weighted by molar-refractivity contribution is 0.590. The molecule has 3 aliphatic rings. The highest BCUT2D eigenvalue weighted by molar-refractivity contribution is 7.25. The number of nitrogens with zero attached hydrogens (tertiary/aromatic N) is 3. The van der Waals surface area contributed by atoms with Gasteiger partial charge in [0.2, 0.25) is 0 Å². The maximum atomic E-state index is 10.5. The quantitative estimate of drug-likeness (QED) is 0.155. The van der Waals surface area contributed by atoms with Gasteiger partial charge >= 0.3 is 0 Å². The zero-order valence-electron chi connectivity index (χ0n) is 53.7. The molecule has 0 saturated carbocycles. The van der Waals surface area contributed by atoms with E-state index in [2.05, 4.69) is 0 Å². The molecule has 6 heterocycles. The van der Waals surface area contributed by atoms with Gasteiger partial charge in [0, 0.05) is 53.4 Å². The smallest absolute Gasteiger partial charge is 0.297 e. The van der Waals surface area contributed by atoms with E-state index in [9.17, 15) is 21.9 Å². The molecule has 7 aromatic carbocycles. The van der Waals surface area contributed by atoms with E-state index in [-0.39, 0.29) is 127 Å². The Labute approximate surface area is 372 Å². The summed E-state index contributed by atoms with van der Waals surface area (Å²) in [4.78, 5) is 2.58. The maximum Gasteiger partial charge on any atom is 0.297 e. The molecule has 0 spiro atoms. The average molecular weight is 788 g/mol.